The highest BCUT2D eigenvalue weighted by molar-refractivity contribution is 5.45. The van der Waals surface area contributed by atoms with Crippen LogP contribution in [-0.4, -0.2) is 10.0 Å². The lowest BCUT2D eigenvalue weighted by molar-refractivity contribution is -0.385. The molecule has 0 aliphatic carbocycles. The molecular formula is C14H13NO4. The highest BCUT2D eigenvalue weighted by Crippen LogP contribution is 2.28. The van der Waals surface area contributed by atoms with Gasteiger partial charge in [-0.3, -0.25) is 10.1 Å². The third-order valence-electron chi connectivity index (χ3n) is 2.67. The van der Waals surface area contributed by atoms with Gasteiger partial charge in [0, 0.05) is 17.7 Å². The number of nitro benzene ring substituents is 1. The first-order valence-electron chi connectivity index (χ1n) is 5.73. The first-order chi connectivity index (χ1) is 9.10. The van der Waals surface area contributed by atoms with Crippen LogP contribution in [0.4, 0.5) is 5.69 Å². The van der Waals surface area contributed by atoms with Crippen LogP contribution in [0.2, 0.25) is 0 Å². The molecule has 0 bridgehead atoms. The van der Waals surface area contributed by atoms with Crippen molar-refractivity contribution in [3.8, 4) is 11.5 Å². The van der Waals surface area contributed by atoms with E-state index in [1.807, 2.05) is 19.1 Å². The highest BCUT2D eigenvalue weighted by atomic mass is 16.6. The van der Waals surface area contributed by atoms with Crippen molar-refractivity contribution in [1.29, 1.82) is 0 Å². The number of hydrogen-bond donors (Lipinski definition) is 1. The predicted octanol–water partition coefficient (Wildman–Crippen LogP) is 3.19. The van der Waals surface area contributed by atoms with E-state index in [-0.39, 0.29) is 12.3 Å². The van der Waals surface area contributed by atoms with Gasteiger partial charge in [-0.15, -0.1) is 0 Å². The average Bonchev–Trinajstić information content (AvgIpc) is 2.41. The van der Waals surface area contributed by atoms with Crippen LogP contribution in [0.5, 0.6) is 11.5 Å². The number of non-ortho nitro benzene ring substituents is 1. The molecule has 0 amide bonds. The second-order valence-electron chi connectivity index (χ2n) is 4.12. The maximum Gasteiger partial charge on any atom is 0.270 e. The molecule has 0 saturated heterocycles. The summed E-state index contributed by atoms with van der Waals surface area (Å²) in [5, 5.41) is 19.9. The van der Waals surface area contributed by atoms with Crippen LogP contribution in [0.15, 0.2) is 42.5 Å². The van der Waals surface area contributed by atoms with Crippen molar-refractivity contribution in [3.05, 3.63) is 63.7 Å². The molecule has 2 aromatic carbocycles. The van der Waals surface area contributed by atoms with E-state index >= 15 is 0 Å². The molecule has 0 aliphatic rings. The van der Waals surface area contributed by atoms with Crippen molar-refractivity contribution in [2.24, 2.45) is 0 Å². The van der Waals surface area contributed by atoms with E-state index in [0.717, 1.165) is 5.56 Å². The van der Waals surface area contributed by atoms with Crippen molar-refractivity contribution in [2.45, 2.75) is 13.5 Å². The largest absolute Gasteiger partial charge is 0.457 e. The molecule has 2 rings (SSSR count). The number of nitrogens with zero attached hydrogens (tertiary/aromatic N) is 1. The van der Waals surface area contributed by atoms with Crippen molar-refractivity contribution in [1.82, 2.24) is 0 Å². The standard InChI is InChI=1S/C14H13NO4/c1-10-2-5-13(6-3-10)19-14-7-4-12(15(17)18)8-11(14)9-16/h2-8,16H,9H2,1H3. The molecule has 0 fully saturated rings. The Morgan fingerprint density at radius 3 is 2.47 bits per heavy atom. The molecular weight excluding hydrogens is 246 g/mol. The number of rotatable bonds is 4. The molecule has 5 heteroatoms. The number of nitro groups is 1. The quantitative estimate of drug-likeness (QED) is 0.676. The molecule has 19 heavy (non-hydrogen) atoms. The molecule has 0 radical (unpaired) electrons. The first-order valence-corrected chi connectivity index (χ1v) is 5.73. The Kier molecular flexibility index (Phi) is 3.77. The SMILES string of the molecule is Cc1ccc(Oc2ccc([N+](=O)[O-])cc2CO)cc1. The fourth-order valence-corrected chi connectivity index (χ4v) is 1.64. The molecule has 98 valence electrons. The van der Waals surface area contributed by atoms with Gasteiger partial charge in [-0.05, 0) is 25.1 Å². The van der Waals surface area contributed by atoms with Crippen molar-refractivity contribution in [3.63, 3.8) is 0 Å². The third kappa shape index (κ3) is 3.08. The van der Waals surface area contributed by atoms with E-state index in [0.29, 0.717) is 17.1 Å². The van der Waals surface area contributed by atoms with Crippen molar-refractivity contribution < 1.29 is 14.8 Å². The molecule has 0 atom stereocenters. The Hall–Kier alpha value is -2.40. The number of ether oxygens (including phenoxy) is 1. The molecule has 0 heterocycles. The minimum Gasteiger partial charge on any atom is -0.457 e. The van der Waals surface area contributed by atoms with Gasteiger partial charge >= 0.3 is 0 Å². The number of benzene rings is 2. The van der Waals surface area contributed by atoms with Crippen LogP contribution in [0.1, 0.15) is 11.1 Å². The predicted molar refractivity (Wildman–Crippen MR) is 70.3 cm³/mol. The maximum absolute atomic E-state index is 10.7. The normalized spacial score (nSPS) is 10.2. The van der Waals surface area contributed by atoms with Gasteiger partial charge in [0.1, 0.15) is 11.5 Å². The average molecular weight is 259 g/mol. The van der Waals surface area contributed by atoms with E-state index in [2.05, 4.69) is 0 Å². The summed E-state index contributed by atoms with van der Waals surface area (Å²) in [7, 11) is 0. The van der Waals surface area contributed by atoms with E-state index in [1.54, 1.807) is 12.1 Å². The lowest BCUT2D eigenvalue weighted by atomic mass is 10.2. The Labute approximate surface area is 110 Å². The number of hydrogen-bond acceptors (Lipinski definition) is 4. The topological polar surface area (TPSA) is 72.6 Å². The minimum atomic E-state index is -0.505. The Balaban J connectivity index is 2.29. The summed E-state index contributed by atoms with van der Waals surface area (Å²) in [6, 6.07) is 11.6. The van der Waals surface area contributed by atoms with E-state index in [9.17, 15) is 15.2 Å². The lowest BCUT2D eigenvalue weighted by Crippen LogP contribution is -1.95. The summed E-state index contributed by atoms with van der Waals surface area (Å²) in [4.78, 5) is 10.2. The van der Waals surface area contributed by atoms with E-state index < -0.39 is 4.92 Å². The number of aliphatic hydroxyl groups is 1. The van der Waals surface area contributed by atoms with Crippen LogP contribution in [-0.2, 0) is 6.61 Å². The zero-order valence-electron chi connectivity index (χ0n) is 10.4. The molecule has 0 saturated carbocycles. The first kappa shape index (κ1) is 13.0. The summed E-state index contributed by atoms with van der Waals surface area (Å²) >= 11 is 0. The third-order valence-corrected chi connectivity index (χ3v) is 2.67. The fourth-order valence-electron chi connectivity index (χ4n) is 1.64. The van der Waals surface area contributed by atoms with Gasteiger partial charge in [-0.2, -0.15) is 0 Å². The van der Waals surface area contributed by atoms with Gasteiger partial charge < -0.3 is 9.84 Å². The summed E-state index contributed by atoms with van der Waals surface area (Å²) in [6.45, 7) is 1.65. The van der Waals surface area contributed by atoms with Gasteiger partial charge in [-0.25, -0.2) is 0 Å². The van der Waals surface area contributed by atoms with Crippen LogP contribution in [0.3, 0.4) is 0 Å². The van der Waals surface area contributed by atoms with Crippen LogP contribution < -0.4 is 4.74 Å². The second-order valence-corrected chi connectivity index (χ2v) is 4.12. The smallest absolute Gasteiger partial charge is 0.270 e. The van der Waals surface area contributed by atoms with Crippen LogP contribution in [0, 0.1) is 17.0 Å². The summed E-state index contributed by atoms with van der Waals surface area (Å²) < 4.78 is 5.61. The Morgan fingerprint density at radius 1 is 1.21 bits per heavy atom. The van der Waals surface area contributed by atoms with Crippen molar-refractivity contribution in [2.75, 3.05) is 0 Å². The molecule has 2 aromatic rings. The van der Waals surface area contributed by atoms with Crippen LogP contribution in [0.25, 0.3) is 0 Å². The molecule has 0 aromatic heterocycles. The highest BCUT2D eigenvalue weighted by Gasteiger charge is 2.11. The zero-order chi connectivity index (χ0) is 13.8. The Bertz CT molecular complexity index is 593. The van der Waals surface area contributed by atoms with Gasteiger partial charge in [0.05, 0.1) is 11.5 Å². The molecule has 0 unspecified atom stereocenters. The molecule has 1 N–H and O–H groups in total. The summed E-state index contributed by atoms with van der Waals surface area (Å²) in [6.07, 6.45) is 0. The summed E-state index contributed by atoms with van der Waals surface area (Å²) in [5.74, 6) is 1.03. The molecule has 5 nitrogen and oxygen atoms in total. The second kappa shape index (κ2) is 5.49. The fraction of sp³-hybridized carbons (Fsp3) is 0.143. The molecule has 0 spiro atoms. The minimum absolute atomic E-state index is 0.0692. The van der Waals surface area contributed by atoms with Gasteiger partial charge in [0.2, 0.25) is 0 Å². The number of aryl methyl sites for hydroxylation is 1. The zero-order valence-corrected chi connectivity index (χ0v) is 10.4. The van der Waals surface area contributed by atoms with Gasteiger partial charge in [0.15, 0.2) is 0 Å². The van der Waals surface area contributed by atoms with Crippen molar-refractivity contribution >= 4 is 5.69 Å². The monoisotopic (exact) mass is 259 g/mol. The van der Waals surface area contributed by atoms with Crippen LogP contribution >= 0.6 is 0 Å². The molecule has 0 aliphatic heterocycles. The van der Waals surface area contributed by atoms with E-state index in [1.165, 1.54) is 18.2 Å². The number of aliphatic hydroxyl groups excluding tert-OH is 1. The van der Waals surface area contributed by atoms with E-state index in [4.69, 9.17) is 4.74 Å². The van der Waals surface area contributed by atoms with Gasteiger partial charge in [0.25, 0.3) is 5.69 Å². The Morgan fingerprint density at radius 2 is 1.89 bits per heavy atom. The maximum atomic E-state index is 10.7. The summed E-state index contributed by atoms with van der Waals surface area (Å²) in [5.41, 5.74) is 1.42. The lowest BCUT2D eigenvalue weighted by Gasteiger charge is -2.09. The van der Waals surface area contributed by atoms with Gasteiger partial charge in [-0.1, -0.05) is 17.7 Å².